The van der Waals surface area contributed by atoms with Crippen LogP contribution in [0.2, 0.25) is 0 Å². The zero-order valence-corrected chi connectivity index (χ0v) is 15.3. The molecule has 0 saturated heterocycles. The lowest BCUT2D eigenvalue weighted by Crippen LogP contribution is -2.41. The van der Waals surface area contributed by atoms with Gasteiger partial charge in [0.1, 0.15) is 17.1 Å². The molecule has 0 spiro atoms. The van der Waals surface area contributed by atoms with E-state index < -0.39 is 11.4 Å². The lowest BCUT2D eigenvalue weighted by molar-refractivity contribution is 0.0618. The average molecular weight is 359 g/mol. The number of fused-ring (bicyclic) bond motifs is 1. The van der Waals surface area contributed by atoms with Crippen LogP contribution in [0, 0.1) is 5.82 Å². The van der Waals surface area contributed by atoms with E-state index in [4.69, 9.17) is 14.2 Å². The third kappa shape index (κ3) is 3.59. The highest BCUT2D eigenvalue weighted by atomic mass is 19.1. The summed E-state index contributed by atoms with van der Waals surface area (Å²) in [4.78, 5) is 12.6. The average Bonchev–Trinajstić information content (AvgIpc) is 2.60. The largest absolute Gasteiger partial charge is 0.497 e. The SMILES string of the molecule is COc1ccc2c(c1)C(NC(=O)c1ccc(OC)c(F)c1)CC(C)(C)O2. The van der Waals surface area contributed by atoms with Gasteiger partial charge >= 0.3 is 0 Å². The van der Waals surface area contributed by atoms with Gasteiger partial charge in [0.15, 0.2) is 11.6 Å². The van der Waals surface area contributed by atoms with Gasteiger partial charge in [0.05, 0.1) is 20.3 Å². The third-order valence-electron chi connectivity index (χ3n) is 4.39. The Morgan fingerprint density at radius 1 is 1.19 bits per heavy atom. The fourth-order valence-corrected chi connectivity index (χ4v) is 3.14. The molecule has 0 aliphatic carbocycles. The van der Waals surface area contributed by atoms with E-state index >= 15 is 0 Å². The normalized spacial score (nSPS) is 17.7. The van der Waals surface area contributed by atoms with Crippen LogP contribution in [0.1, 0.15) is 42.2 Å². The van der Waals surface area contributed by atoms with Gasteiger partial charge in [-0.3, -0.25) is 4.79 Å². The predicted octanol–water partition coefficient (Wildman–Crippen LogP) is 3.88. The number of methoxy groups -OCH3 is 2. The van der Waals surface area contributed by atoms with Gasteiger partial charge in [0, 0.05) is 17.5 Å². The van der Waals surface area contributed by atoms with Crippen molar-refractivity contribution in [2.24, 2.45) is 0 Å². The number of benzene rings is 2. The Bertz CT molecular complexity index is 835. The number of carbonyl (C=O) groups excluding carboxylic acids is 1. The molecule has 1 aliphatic heterocycles. The molecule has 2 aromatic rings. The quantitative estimate of drug-likeness (QED) is 0.900. The summed E-state index contributed by atoms with van der Waals surface area (Å²) < 4.78 is 30.1. The maximum Gasteiger partial charge on any atom is 0.251 e. The first-order chi connectivity index (χ1) is 12.3. The highest BCUT2D eigenvalue weighted by molar-refractivity contribution is 5.94. The van der Waals surface area contributed by atoms with Gasteiger partial charge in [-0.1, -0.05) is 0 Å². The molecule has 0 saturated carbocycles. The smallest absolute Gasteiger partial charge is 0.251 e. The van der Waals surface area contributed by atoms with Crippen molar-refractivity contribution >= 4 is 5.91 Å². The monoisotopic (exact) mass is 359 g/mol. The summed E-state index contributed by atoms with van der Waals surface area (Å²) in [6.07, 6.45) is 0.581. The van der Waals surface area contributed by atoms with Crippen LogP contribution < -0.4 is 19.5 Å². The summed E-state index contributed by atoms with van der Waals surface area (Å²) >= 11 is 0. The molecular formula is C20H22FNO4. The number of carbonyl (C=O) groups is 1. The van der Waals surface area contributed by atoms with E-state index in [-0.39, 0.29) is 23.3 Å². The van der Waals surface area contributed by atoms with E-state index in [1.54, 1.807) is 7.11 Å². The predicted molar refractivity (Wildman–Crippen MR) is 95.5 cm³/mol. The topological polar surface area (TPSA) is 56.8 Å². The maximum absolute atomic E-state index is 13.9. The molecule has 0 aromatic heterocycles. The van der Waals surface area contributed by atoms with Crippen molar-refractivity contribution in [3.8, 4) is 17.2 Å². The Morgan fingerprint density at radius 3 is 2.62 bits per heavy atom. The number of hydrogen-bond donors (Lipinski definition) is 1. The number of halogens is 1. The molecule has 1 amide bonds. The lowest BCUT2D eigenvalue weighted by Gasteiger charge is -2.38. The highest BCUT2D eigenvalue weighted by Crippen LogP contribution is 2.41. The first-order valence-corrected chi connectivity index (χ1v) is 8.34. The van der Waals surface area contributed by atoms with Gasteiger partial charge in [0.2, 0.25) is 0 Å². The van der Waals surface area contributed by atoms with Crippen molar-refractivity contribution in [3.05, 3.63) is 53.3 Å². The van der Waals surface area contributed by atoms with Gasteiger partial charge in [-0.2, -0.15) is 0 Å². The molecule has 1 atom stereocenters. The molecule has 6 heteroatoms. The van der Waals surface area contributed by atoms with Crippen molar-refractivity contribution in [1.82, 2.24) is 5.32 Å². The summed E-state index contributed by atoms with van der Waals surface area (Å²) in [5.41, 5.74) is 0.632. The number of ether oxygens (including phenoxy) is 3. The number of nitrogens with one attached hydrogen (secondary N) is 1. The molecule has 1 N–H and O–H groups in total. The molecule has 138 valence electrons. The number of hydrogen-bond acceptors (Lipinski definition) is 4. The number of amides is 1. The molecule has 26 heavy (non-hydrogen) atoms. The van der Waals surface area contributed by atoms with E-state index in [2.05, 4.69) is 5.32 Å². The first-order valence-electron chi connectivity index (χ1n) is 8.34. The Morgan fingerprint density at radius 2 is 1.96 bits per heavy atom. The summed E-state index contributed by atoms with van der Waals surface area (Å²) in [6.45, 7) is 3.93. The minimum Gasteiger partial charge on any atom is -0.497 e. The second-order valence-electron chi connectivity index (χ2n) is 6.85. The second-order valence-corrected chi connectivity index (χ2v) is 6.85. The van der Waals surface area contributed by atoms with Crippen LogP contribution in [0.4, 0.5) is 4.39 Å². The van der Waals surface area contributed by atoms with Crippen molar-refractivity contribution in [2.45, 2.75) is 31.9 Å². The minimum absolute atomic E-state index is 0.101. The molecule has 1 unspecified atom stereocenters. The summed E-state index contributed by atoms with van der Waals surface area (Å²) in [7, 11) is 2.97. The van der Waals surface area contributed by atoms with Crippen LogP contribution in [0.25, 0.3) is 0 Å². The summed E-state index contributed by atoms with van der Waals surface area (Å²) in [5, 5.41) is 2.98. The Hall–Kier alpha value is -2.76. The molecule has 0 fully saturated rings. The van der Waals surface area contributed by atoms with E-state index in [0.29, 0.717) is 17.9 Å². The standard InChI is InChI=1S/C20H22FNO4/c1-20(2)11-16(14-10-13(24-3)6-8-17(14)26-20)22-19(23)12-5-7-18(25-4)15(21)9-12/h5-10,16H,11H2,1-4H3,(H,22,23). The molecule has 1 aliphatic rings. The van der Waals surface area contributed by atoms with Gasteiger partial charge in [0.25, 0.3) is 5.91 Å². The third-order valence-corrected chi connectivity index (χ3v) is 4.39. The van der Waals surface area contributed by atoms with Crippen LogP contribution >= 0.6 is 0 Å². The molecule has 0 radical (unpaired) electrons. The zero-order chi connectivity index (χ0) is 18.9. The molecule has 1 heterocycles. The van der Waals surface area contributed by atoms with Crippen molar-refractivity contribution in [2.75, 3.05) is 14.2 Å². The molecule has 3 rings (SSSR count). The van der Waals surface area contributed by atoms with Crippen molar-refractivity contribution in [1.29, 1.82) is 0 Å². The fourth-order valence-electron chi connectivity index (χ4n) is 3.14. The van der Waals surface area contributed by atoms with Gasteiger partial charge in [-0.05, 0) is 50.2 Å². The maximum atomic E-state index is 13.9. The van der Waals surface area contributed by atoms with Crippen LogP contribution in [-0.4, -0.2) is 25.7 Å². The zero-order valence-electron chi connectivity index (χ0n) is 15.3. The van der Waals surface area contributed by atoms with E-state index in [9.17, 15) is 9.18 Å². The van der Waals surface area contributed by atoms with Gasteiger partial charge in [-0.25, -0.2) is 4.39 Å². The first kappa shape index (κ1) is 18.0. The molecule has 5 nitrogen and oxygen atoms in total. The summed E-state index contributed by atoms with van der Waals surface area (Å²) in [5.74, 6) is 0.552. The number of rotatable bonds is 4. The van der Waals surface area contributed by atoms with Crippen LogP contribution in [0.15, 0.2) is 36.4 Å². The van der Waals surface area contributed by atoms with Crippen molar-refractivity contribution in [3.63, 3.8) is 0 Å². The van der Waals surface area contributed by atoms with E-state index in [1.807, 2.05) is 32.0 Å². The summed E-state index contributed by atoms with van der Waals surface area (Å²) in [6, 6.07) is 9.37. The molecular weight excluding hydrogens is 337 g/mol. The minimum atomic E-state index is -0.575. The highest BCUT2D eigenvalue weighted by Gasteiger charge is 2.35. The molecule has 0 bridgehead atoms. The molecule has 2 aromatic carbocycles. The van der Waals surface area contributed by atoms with E-state index in [1.165, 1.54) is 25.3 Å². The van der Waals surface area contributed by atoms with Crippen LogP contribution in [0.3, 0.4) is 0 Å². The fraction of sp³-hybridized carbons (Fsp3) is 0.350. The van der Waals surface area contributed by atoms with Gasteiger partial charge < -0.3 is 19.5 Å². The van der Waals surface area contributed by atoms with Crippen LogP contribution in [-0.2, 0) is 0 Å². The van der Waals surface area contributed by atoms with Crippen LogP contribution in [0.5, 0.6) is 17.2 Å². The Kier molecular flexibility index (Phi) is 4.76. The van der Waals surface area contributed by atoms with Gasteiger partial charge in [-0.15, -0.1) is 0 Å². The Balaban J connectivity index is 1.89. The van der Waals surface area contributed by atoms with E-state index in [0.717, 1.165) is 5.56 Å². The lowest BCUT2D eigenvalue weighted by atomic mass is 9.89. The Labute approximate surface area is 152 Å². The second kappa shape index (κ2) is 6.86. The van der Waals surface area contributed by atoms with Crippen molar-refractivity contribution < 1.29 is 23.4 Å².